The number of methoxy groups -OCH3 is 1. The van der Waals surface area contributed by atoms with Gasteiger partial charge in [-0.2, -0.15) is 0 Å². The molecule has 0 saturated heterocycles. The number of rotatable bonds is 3. The van der Waals surface area contributed by atoms with E-state index in [1.165, 1.54) is 25.8 Å². The van der Waals surface area contributed by atoms with Crippen molar-refractivity contribution in [2.24, 2.45) is 5.92 Å². The monoisotopic (exact) mass is 270 g/mol. The Hall–Kier alpha value is -1.23. The van der Waals surface area contributed by atoms with Crippen molar-refractivity contribution in [2.75, 3.05) is 19.1 Å². The summed E-state index contributed by atoms with van der Waals surface area (Å²) in [4.78, 5) is 16.0. The van der Waals surface area contributed by atoms with Crippen molar-refractivity contribution in [3.8, 4) is 5.88 Å². The van der Waals surface area contributed by atoms with Crippen LogP contribution in [-0.4, -0.2) is 24.1 Å². The van der Waals surface area contributed by atoms with Crippen LogP contribution < -0.4 is 10.5 Å². The van der Waals surface area contributed by atoms with Gasteiger partial charge in [-0.15, -0.1) is 11.8 Å². The standard InChI is InChI=1S/C9H12N2O2S.C4H10/c1-5(12)8-6(10)4-7(14-3)9(11-8)13-2;1-4(2)3/h4H,10H2,1-3H3;4H,1-3H3. The van der Waals surface area contributed by atoms with E-state index in [0.717, 1.165) is 10.8 Å². The smallest absolute Gasteiger partial charge is 0.227 e. The van der Waals surface area contributed by atoms with Crippen LogP contribution in [0, 0.1) is 5.92 Å². The van der Waals surface area contributed by atoms with Gasteiger partial charge in [-0.3, -0.25) is 4.79 Å². The van der Waals surface area contributed by atoms with E-state index in [1.807, 2.05) is 6.26 Å². The lowest BCUT2D eigenvalue weighted by Crippen LogP contribution is -2.05. The van der Waals surface area contributed by atoms with E-state index in [1.54, 1.807) is 6.07 Å². The molecule has 1 aromatic rings. The van der Waals surface area contributed by atoms with Crippen LogP contribution in [0.15, 0.2) is 11.0 Å². The first-order chi connectivity index (χ1) is 8.33. The lowest BCUT2D eigenvalue weighted by atomic mass is 10.2. The molecule has 2 N–H and O–H groups in total. The van der Waals surface area contributed by atoms with Gasteiger partial charge in [0, 0.05) is 6.92 Å². The third-order valence-electron chi connectivity index (χ3n) is 1.73. The van der Waals surface area contributed by atoms with Gasteiger partial charge in [-0.1, -0.05) is 20.8 Å². The molecule has 0 unspecified atom stereocenters. The highest BCUT2D eigenvalue weighted by Crippen LogP contribution is 2.29. The molecule has 0 fully saturated rings. The number of anilines is 1. The van der Waals surface area contributed by atoms with Crippen molar-refractivity contribution in [1.82, 2.24) is 4.98 Å². The summed E-state index contributed by atoms with van der Waals surface area (Å²) >= 11 is 1.48. The van der Waals surface area contributed by atoms with E-state index in [-0.39, 0.29) is 11.5 Å². The maximum absolute atomic E-state index is 11.1. The number of thioether (sulfide) groups is 1. The number of carbonyl (C=O) groups excluding carboxylic acids is 1. The summed E-state index contributed by atoms with van der Waals surface area (Å²) in [6.07, 6.45) is 1.90. The minimum absolute atomic E-state index is 0.159. The summed E-state index contributed by atoms with van der Waals surface area (Å²) in [5, 5.41) is 0. The van der Waals surface area contributed by atoms with E-state index >= 15 is 0 Å². The van der Waals surface area contributed by atoms with Gasteiger partial charge in [-0.05, 0) is 18.2 Å². The second-order valence-corrected chi connectivity index (χ2v) is 5.27. The molecule has 0 saturated carbocycles. The second kappa shape index (κ2) is 7.97. The fourth-order valence-corrected chi connectivity index (χ4v) is 1.62. The lowest BCUT2D eigenvalue weighted by molar-refractivity contribution is 0.101. The van der Waals surface area contributed by atoms with Crippen molar-refractivity contribution < 1.29 is 9.53 Å². The second-order valence-electron chi connectivity index (χ2n) is 4.43. The van der Waals surface area contributed by atoms with Gasteiger partial charge in [0.25, 0.3) is 0 Å². The summed E-state index contributed by atoms with van der Waals surface area (Å²) in [5.41, 5.74) is 6.32. The number of pyridine rings is 1. The number of hydrogen-bond donors (Lipinski definition) is 1. The first-order valence-electron chi connectivity index (χ1n) is 5.72. The predicted molar refractivity (Wildman–Crippen MR) is 77.5 cm³/mol. The van der Waals surface area contributed by atoms with E-state index in [9.17, 15) is 4.79 Å². The van der Waals surface area contributed by atoms with Crippen LogP contribution in [0.5, 0.6) is 5.88 Å². The SMILES string of the molecule is CC(C)C.COc1nc(C(C)=O)c(N)cc1SC. The van der Waals surface area contributed by atoms with Crippen LogP contribution >= 0.6 is 11.8 Å². The summed E-state index contributed by atoms with van der Waals surface area (Å²) in [5.74, 6) is 1.12. The minimum atomic E-state index is -0.159. The third-order valence-corrected chi connectivity index (χ3v) is 2.46. The highest BCUT2D eigenvalue weighted by molar-refractivity contribution is 7.98. The minimum Gasteiger partial charge on any atom is -0.480 e. The van der Waals surface area contributed by atoms with Gasteiger partial charge in [0.05, 0.1) is 17.7 Å². The molecule has 1 heterocycles. The van der Waals surface area contributed by atoms with E-state index in [4.69, 9.17) is 10.5 Å². The number of ketones is 1. The largest absolute Gasteiger partial charge is 0.480 e. The fourth-order valence-electron chi connectivity index (χ4n) is 1.07. The average Bonchev–Trinajstić information content (AvgIpc) is 2.27. The van der Waals surface area contributed by atoms with Crippen LogP contribution in [0.4, 0.5) is 5.69 Å². The summed E-state index contributed by atoms with van der Waals surface area (Å²) < 4.78 is 5.04. The summed E-state index contributed by atoms with van der Waals surface area (Å²) in [6, 6.07) is 1.70. The number of aromatic nitrogens is 1. The Kier molecular flexibility index (Phi) is 7.43. The molecule has 1 rings (SSSR count). The Morgan fingerprint density at radius 1 is 1.44 bits per heavy atom. The Balaban J connectivity index is 0.000000631. The molecule has 1 aromatic heterocycles. The molecular weight excluding hydrogens is 248 g/mol. The van der Waals surface area contributed by atoms with Gasteiger partial charge >= 0.3 is 0 Å². The molecule has 5 heteroatoms. The highest BCUT2D eigenvalue weighted by atomic mass is 32.2. The Labute approximate surface area is 113 Å². The number of ether oxygens (including phenoxy) is 1. The fraction of sp³-hybridized carbons (Fsp3) is 0.538. The van der Waals surface area contributed by atoms with Gasteiger partial charge in [0.1, 0.15) is 5.69 Å². The van der Waals surface area contributed by atoms with Crippen LogP contribution in [0.3, 0.4) is 0 Å². The molecule has 0 atom stereocenters. The Morgan fingerprint density at radius 3 is 2.28 bits per heavy atom. The van der Waals surface area contributed by atoms with Crippen molar-refractivity contribution >= 4 is 23.2 Å². The number of Topliss-reactive ketones (excluding diaryl/α,β-unsaturated/α-hetero) is 1. The highest BCUT2D eigenvalue weighted by Gasteiger charge is 2.12. The van der Waals surface area contributed by atoms with Crippen molar-refractivity contribution in [2.45, 2.75) is 32.6 Å². The number of nitrogens with two attached hydrogens (primary N) is 1. The zero-order valence-corrected chi connectivity index (χ0v) is 12.7. The van der Waals surface area contributed by atoms with Crippen LogP contribution in [0.25, 0.3) is 0 Å². The first-order valence-corrected chi connectivity index (χ1v) is 6.95. The lowest BCUT2D eigenvalue weighted by Gasteiger charge is -2.08. The van der Waals surface area contributed by atoms with Crippen molar-refractivity contribution in [1.29, 1.82) is 0 Å². The summed E-state index contributed by atoms with van der Waals surface area (Å²) in [6.45, 7) is 7.93. The molecule has 18 heavy (non-hydrogen) atoms. The van der Waals surface area contributed by atoms with Gasteiger partial charge < -0.3 is 10.5 Å². The average molecular weight is 270 g/mol. The molecule has 0 aromatic carbocycles. The molecule has 0 aliphatic rings. The maximum atomic E-state index is 11.1. The van der Waals surface area contributed by atoms with Crippen molar-refractivity contribution in [3.05, 3.63) is 11.8 Å². The third kappa shape index (κ3) is 5.40. The van der Waals surface area contributed by atoms with E-state index < -0.39 is 0 Å². The van der Waals surface area contributed by atoms with Gasteiger partial charge in [0.15, 0.2) is 5.78 Å². The van der Waals surface area contributed by atoms with Crippen LogP contribution in [-0.2, 0) is 0 Å². The Morgan fingerprint density at radius 2 is 1.94 bits per heavy atom. The summed E-state index contributed by atoms with van der Waals surface area (Å²) in [7, 11) is 1.52. The van der Waals surface area contributed by atoms with E-state index in [2.05, 4.69) is 25.8 Å². The molecule has 0 aliphatic carbocycles. The molecule has 0 spiro atoms. The zero-order valence-electron chi connectivity index (χ0n) is 11.9. The number of nitrogen functional groups attached to an aromatic ring is 1. The van der Waals surface area contributed by atoms with Gasteiger partial charge in [-0.25, -0.2) is 4.98 Å². The molecule has 0 bridgehead atoms. The molecule has 4 nitrogen and oxygen atoms in total. The first kappa shape index (κ1) is 16.8. The number of carbonyl (C=O) groups is 1. The molecule has 102 valence electrons. The molecule has 0 radical (unpaired) electrons. The molecule has 0 aliphatic heterocycles. The topological polar surface area (TPSA) is 65.2 Å². The predicted octanol–water partition coefficient (Wildman–Crippen LogP) is 3.26. The van der Waals surface area contributed by atoms with Gasteiger partial charge in [0.2, 0.25) is 5.88 Å². The molecule has 0 amide bonds. The zero-order chi connectivity index (χ0) is 14.3. The van der Waals surface area contributed by atoms with Crippen molar-refractivity contribution in [3.63, 3.8) is 0 Å². The normalized spacial score (nSPS) is 9.72. The van der Waals surface area contributed by atoms with Crippen LogP contribution in [0.2, 0.25) is 0 Å². The quantitative estimate of drug-likeness (QED) is 0.674. The Bertz CT molecular complexity index is 403. The number of nitrogens with zero attached hydrogens (tertiary/aromatic N) is 1. The van der Waals surface area contributed by atoms with E-state index in [0.29, 0.717) is 11.6 Å². The molecular formula is C13H22N2O2S. The maximum Gasteiger partial charge on any atom is 0.227 e. The number of hydrogen-bond acceptors (Lipinski definition) is 5. The van der Waals surface area contributed by atoms with Crippen LogP contribution in [0.1, 0.15) is 38.2 Å².